The van der Waals surface area contributed by atoms with E-state index in [1.807, 2.05) is 0 Å². The number of carbonyl (C=O) groups is 2. The molecule has 1 aromatic carbocycles. The van der Waals surface area contributed by atoms with E-state index in [9.17, 15) is 14.0 Å². The zero-order valence-corrected chi connectivity index (χ0v) is 11.4. The molecular weight excluding hydrogens is 261 g/mol. The van der Waals surface area contributed by atoms with Crippen LogP contribution in [0.5, 0.6) is 0 Å². The summed E-state index contributed by atoms with van der Waals surface area (Å²) >= 11 is 0. The van der Waals surface area contributed by atoms with Gasteiger partial charge >= 0.3 is 5.97 Å². The summed E-state index contributed by atoms with van der Waals surface area (Å²) in [7, 11) is 0. The van der Waals surface area contributed by atoms with Gasteiger partial charge in [0.25, 0.3) is 0 Å². The third kappa shape index (κ3) is 3.15. The van der Waals surface area contributed by atoms with Crippen molar-refractivity contribution < 1.29 is 19.1 Å². The van der Waals surface area contributed by atoms with Crippen molar-refractivity contribution in [3.8, 4) is 0 Å². The van der Waals surface area contributed by atoms with Crippen LogP contribution in [-0.4, -0.2) is 35.0 Å². The molecule has 108 valence electrons. The van der Waals surface area contributed by atoms with Crippen molar-refractivity contribution in [2.45, 2.75) is 25.7 Å². The van der Waals surface area contributed by atoms with Crippen LogP contribution in [0.3, 0.4) is 0 Å². The van der Waals surface area contributed by atoms with Crippen molar-refractivity contribution >= 4 is 11.9 Å². The molecule has 1 amide bonds. The first-order chi connectivity index (χ1) is 9.49. The molecule has 5 heteroatoms. The molecule has 2 rings (SSSR count). The highest BCUT2D eigenvalue weighted by molar-refractivity contribution is 5.84. The Morgan fingerprint density at radius 1 is 1.45 bits per heavy atom. The van der Waals surface area contributed by atoms with Crippen LogP contribution in [0.1, 0.15) is 31.2 Å². The summed E-state index contributed by atoms with van der Waals surface area (Å²) in [5, 5.41) is 9.04. The molecule has 1 aliphatic rings. The molecule has 4 nitrogen and oxygen atoms in total. The van der Waals surface area contributed by atoms with Gasteiger partial charge in [-0.05, 0) is 37.5 Å². The quantitative estimate of drug-likeness (QED) is 0.923. The maximum Gasteiger partial charge on any atom is 0.308 e. The number of carboxylic acid groups (broad SMARTS) is 1. The van der Waals surface area contributed by atoms with Gasteiger partial charge in [-0.2, -0.15) is 0 Å². The summed E-state index contributed by atoms with van der Waals surface area (Å²) in [6.07, 6.45) is 1.30. The van der Waals surface area contributed by atoms with Crippen molar-refractivity contribution in [3.05, 3.63) is 35.6 Å². The number of aliphatic carboxylic acids is 1. The van der Waals surface area contributed by atoms with E-state index >= 15 is 0 Å². The second kappa shape index (κ2) is 6.03. The van der Waals surface area contributed by atoms with Crippen LogP contribution < -0.4 is 0 Å². The number of likely N-dealkylation sites (tertiary alicyclic amines) is 1. The lowest BCUT2D eigenvalue weighted by Crippen LogP contribution is -2.43. The van der Waals surface area contributed by atoms with E-state index in [4.69, 9.17) is 5.11 Å². The second-order valence-corrected chi connectivity index (χ2v) is 5.24. The number of halogens is 1. The van der Waals surface area contributed by atoms with Gasteiger partial charge < -0.3 is 10.0 Å². The van der Waals surface area contributed by atoms with Crippen LogP contribution in [0.2, 0.25) is 0 Å². The van der Waals surface area contributed by atoms with Gasteiger partial charge in [0.2, 0.25) is 5.91 Å². The summed E-state index contributed by atoms with van der Waals surface area (Å²) in [4.78, 5) is 25.0. The maximum atomic E-state index is 13.2. The lowest BCUT2D eigenvalue weighted by atomic mass is 9.94. The van der Waals surface area contributed by atoms with Crippen molar-refractivity contribution in [1.29, 1.82) is 0 Å². The highest BCUT2D eigenvalue weighted by Crippen LogP contribution is 2.23. The number of hydrogen-bond donors (Lipinski definition) is 1. The zero-order chi connectivity index (χ0) is 14.7. The van der Waals surface area contributed by atoms with Gasteiger partial charge in [-0.3, -0.25) is 9.59 Å². The largest absolute Gasteiger partial charge is 0.481 e. The Hall–Kier alpha value is -1.91. The smallest absolute Gasteiger partial charge is 0.308 e. The van der Waals surface area contributed by atoms with Crippen molar-refractivity contribution in [2.24, 2.45) is 5.92 Å². The molecule has 0 radical (unpaired) electrons. The van der Waals surface area contributed by atoms with Crippen LogP contribution in [0, 0.1) is 11.7 Å². The highest BCUT2D eigenvalue weighted by atomic mass is 19.1. The molecule has 1 saturated heterocycles. The van der Waals surface area contributed by atoms with Crippen LogP contribution >= 0.6 is 0 Å². The minimum atomic E-state index is -0.860. The molecule has 0 spiro atoms. The number of hydrogen-bond acceptors (Lipinski definition) is 2. The first-order valence-corrected chi connectivity index (χ1v) is 6.76. The van der Waals surface area contributed by atoms with Crippen LogP contribution in [0.25, 0.3) is 0 Å². The molecule has 1 N–H and O–H groups in total. The summed E-state index contributed by atoms with van der Waals surface area (Å²) in [6.45, 7) is 2.54. The van der Waals surface area contributed by atoms with Gasteiger partial charge in [-0.15, -0.1) is 0 Å². The third-order valence-corrected chi connectivity index (χ3v) is 3.80. The van der Waals surface area contributed by atoms with Gasteiger partial charge in [0.05, 0.1) is 11.8 Å². The molecule has 1 aliphatic heterocycles. The van der Waals surface area contributed by atoms with E-state index in [2.05, 4.69) is 0 Å². The van der Waals surface area contributed by atoms with E-state index in [0.29, 0.717) is 24.9 Å². The molecule has 0 bridgehead atoms. The molecule has 1 fully saturated rings. The Bertz CT molecular complexity index is 518. The van der Waals surface area contributed by atoms with Gasteiger partial charge in [-0.1, -0.05) is 12.1 Å². The zero-order valence-electron chi connectivity index (χ0n) is 11.4. The average Bonchev–Trinajstić information content (AvgIpc) is 2.45. The number of nitrogens with zero attached hydrogens (tertiary/aromatic N) is 1. The lowest BCUT2D eigenvalue weighted by Gasteiger charge is -2.32. The standard InChI is InChI=1S/C15H18FNO3/c1-10(11-4-2-6-13(16)8-11)14(18)17-7-3-5-12(9-17)15(19)20/h2,4,6,8,10,12H,3,5,7,9H2,1H3,(H,19,20)/t10-,12+/m0/s1. The van der Waals surface area contributed by atoms with Crippen molar-refractivity contribution in [2.75, 3.05) is 13.1 Å². The minimum absolute atomic E-state index is 0.137. The molecule has 0 unspecified atom stereocenters. The van der Waals surface area contributed by atoms with E-state index in [1.165, 1.54) is 12.1 Å². The highest BCUT2D eigenvalue weighted by Gasteiger charge is 2.30. The number of piperidine rings is 1. The second-order valence-electron chi connectivity index (χ2n) is 5.24. The topological polar surface area (TPSA) is 57.6 Å². The SMILES string of the molecule is C[C@H](C(=O)N1CCC[C@@H](C(=O)O)C1)c1cccc(F)c1. The molecule has 0 aromatic heterocycles. The summed E-state index contributed by atoms with van der Waals surface area (Å²) in [6, 6.07) is 5.97. The normalized spacial score (nSPS) is 20.5. The Labute approximate surface area is 117 Å². The first kappa shape index (κ1) is 14.5. The monoisotopic (exact) mass is 279 g/mol. The summed E-state index contributed by atoms with van der Waals surface area (Å²) < 4.78 is 13.2. The third-order valence-electron chi connectivity index (χ3n) is 3.80. The number of rotatable bonds is 3. The van der Waals surface area contributed by atoms with Crippen molar-refractivity contribution in [3.63, 3.8) is 0 Å². The molecule has 0 aliphatic carbocycles. The lowest BCUT2D eigenvalue weighted by molar-refractivity contribution is -0.146. The van der Waals surface area contributed by atoms with Gasteiger partial charge in [-0.25, -0.2) is 4.39 Å². The van der Waals surface area contributed by atoms with Gasteiger partial charge in [0.15, 0.2) is 0 Å². The number of carboxylic acids is 1. The van der Waals surface area contributed by atoms with E-state index < -0.39 is 17.8 Å². The first-order valence-electron chi connectivity index (χ1n) is 6.76. The van der Waals surface area contributed by atoms with E-state index in [0.717, 1.165) is 0 Å². The van der Waals surface area contributed by atoms with Crippen LogP contribution in [0.15, 0.2) is 24.3 Å². The predicted octanol–water partition coefficient (Wildman–Crippen LogP) is 2.25. The Balaban J connectivity index is 2.08. The molecule has 20 heavy (non-hydrogen) atoms. The summed E-state index contributed by atoms with van der Waals surface area (Å²) in [5.41, 5.74) is 0.618. The average molecular weight is 279 g/mol. The maximum absolute atomic E-state index is 13.2. The van der Waals surface area contributed by atoms with E-state index in [-0.39, 0.29) is 18.3 Å². The van der Waals surface area contributed by atoms with Crippen LogP contribution in [-0.2, 0) is 9.59 Å². The number of benzene rings is 1. The molecule has 1 heterocycles. The molecule has 0 saturated carbocycles. The summed E-state index contributed by atoms with van der Waals surface area (Å²) in [5.74, 6) is -2.32. The predicted molar refractivity (Wildman–Crippen MR) is 71.8 cm³/mol. The molecular formula is C15H18FNO3. The molecule has 1 aromatic rings. The Kier molecular flexibility index (Phi) is 4.37. The van der Waals surface area contributed by atoms with E-state index in [1.54, 1.807) is 24.0 Å². The van der Waals surface area contributed by atoms with Gasteiger partial charge in [0.1, 0.15) is 5.82 Å². The molecule has 2 atom stereocenters. The van der Waals surface area contributed by atoms with Gasteiger partial charge in [0, 0.05) is 13.1 Å². The fourth-order valence-electron chi connectivity index (χ4n) is 2.57. The minimum Gasteiger partial charge on any atom is -0.481 e. The fraction of sp³-hybridized carbons (Fsp3) is 0.467. The Morgan fingerprint density at radius 2 is 2.20 bits per heavy atom. The fourth-order valence-corrected chi connectivity index (χ4v) is 2.57. The number of carbonyl (C=O) groups excluding carboxylic acids is 1. The van der Waals surface area contributed by atoms with Crippen molar-refractivity contribution in [1.82, 2.24) is 4.90 Å². The number of amides is 1. The van der Waals surface area contributed by atoms with Crippen LogP contribution in [0.4, 0.5) is 4.39 Å². The Morgan fingerprint density at radius 3 is 2.85 bits per heavy atom.